The fraction of sp³-hybridized carbons (Fsp3) is 0.632. The smallest absolute Gasteiger partial charge is 0.168 e. The molecule has 6 heteroatoms. The van der Waals surface area contributed by atoms with E-state index in [1.807, 2.05) is 6.07 Å². The molecule has 2 heterocycles. The fourth-order valence-corrected chi connectivity index (χ4v) is 4.45. The van der Waals surface area contributed by atoms with Crippen molar-refractivity contribution in [2.75, 3.05) is 6.61 Å². The van der Waals surface area contributed by atoms with Gasteiger partial charge in [0.15, 0.2) is 5.82 Å². The van der Waals surface area contributed by atoms with Gasteiger partial charge in [0.05, 0.1) is 18.7 Å². The number of rotatable bonds is 5. The summed E-state index contributed by atoms with van der Waals surface area (Å²) in [5, 5.41) is 22.6. The van der Waals surface area contributed by atoms with Crippen LogP contribution in [-0.4, -0.2) is 42.9 Å². The van der Waals surface area contributed by atoms with Crippen LogP contribution in [-0.2, 0) is 6.54 Å². The van der Waals surface area contributed by atoms with Crippen LogP contribution in [0, 0.1) is 0 Å². The van der Waals surface area contributed by atoms with Crippen molar-refractivity contribution in [3.8, 4) is 0 Å². The Hall–Kier alpha value is -1.79. The molecule has 25 heavy (non-hydrogen) atoms. The van der Waals surface area contributed by atoms with Crippen LogP contribution in [0.15, 0.2) is 30.3 Å². The zero-order valence-electron chi connectivity index (χ0n) is 14.7. The topological polar surface area (TPSA) is 67.1 Å². The van der Waals surface area contributed by atoms with Gasteiger partial charge in [-0.3, -0.25) is 4.90 Å². The average Bonchev–Trinajstić information content (AvgIpc) is 3.30. The maximum Gasteiger partial charge on any atom is 0.168 e. The van der Waals surface area contributed by atoms with Gasteiger partial charge in [-0.2, -0.15) is 0 Å². The van der Waals surface area contributed by atoms with Crippen LogP contribution in [0.4, 0.5) is 0 Å². The van der Waals surface area contributed by atoms with E-state index in [-0.39, 0.29) is 18.7 Å². The second-order valence-corrected chi connectivity index (χ2v) is 7.36. The summed E-state index contributed by atoms with van der Waals surface area (Å²) in [7, 11) is 0. The van der Waals surface area contributed by atoms with E-state index < -0.39 is 0 Å². The summed E-state index contributed by atoms with van der Waals surface area (Å²) in [6.07, 6.45) is 8.20. The first kappa shape index (κ1) is 16.7. The van der Waals surface area contributed by atoms with Crippen LogP contribution in [0.3, 0.4) is 0 Å². The van der Waals surface area contributed by atoms with Crippen molar-refractivity contribution in [2.45, 2.75) is 69.6 Å². The molecular weight excluding hydrogens is 314 g/mol. The molecule has 134 valence electrons. The van der Waals surface area contributed by atoms with Crippen molar-refractivity contribution in [2.24, 2.45) is 0 Å². The molecule has 0 radical (unpaired) electrons. The van der Waals surface area contributed by atoms with Gasteiger partial charge in [-0.15, -0.1) is 5.10 Å². The minimum atomic E-state index is 0.182. The molecule has 0 amide bonds. The first-order valence-corrected chi connectivity index (χ1v) is 9.55. The highest BCUT2D eigenvalue weighted by Gasteiger charge is 2.38. The molecule has 2 aliphatic rings. The number of tetrazole rings is 1. The standard InChI is InChI=1S/C19H27N5O/c25-14-17-11-12-18(23(17)13-15-7-3-1-4-8-15)19-20-21-22-24(19)16-9-5-2-6-10-16/h1,3-4,7-8,16-18,25H,2,5-6,9-14H2/t17-,18-/m0/s1. The van der Waals surface area contributed by atoms with E-state index in [1.165, 1.54) is 37.7 Å². The van der Waals surface area contributed by atoms with E-state index in [2.05, 4.69) is 49.4 Å². The summed E-state index contributed by atoms with van der Waals surface area (Å²) in [6.45, 7) is 1.02. The number of likely N-dealkylation sites (tertiary alicyclic amines) is 1. The quantitative estimate of drug-likeness (QED) is 0.906. The molecule has 4 rings (SSSR count). The van der Waals surface area contributed by atoms with E-state index in [9.17, 15) is 5.11 Å². The Morgan fingerprint density at radius 3 is 2.56 bits per heavy atom. The summed E-state index contributed by atoms with van der Waals surface area (Å²) in [4.78, 5) is 2.39. The SMILES string of the molecule is OC[C@@H]1CC[C@@H](c2nnnn2C2CCCCC2)N1Cc1ccccc1. The summed E-state index contributed by atoms with van der Waals surface area (Å²) in [6, 6.07) is 11.3. The van der Waals surface area contributed by atoms with Gasteiger partial charge in [0.1, 0.15) is 0 Å². The monoisotopic (exact) mass is 341 g/mol. The Bertz CT molecular complexity index is 667. The van der Waals surface area contributed by atoms with Crippen LogP contribution in [0.2, 0.25) is 0 Å². The number of aliphatic hydroxyl groups excluding tert-OH is 1. The molecule has 2 aromatic rings. The summed E-state index contributed by atoms with van der Waals surface area (Å²) < 4.78 is 2.08. The molecule has 1 aromatic heterocycles. The molecule has 0 bridgehead atoms. The van der Waals surface area contributed by atoms with Crippen molar-refractivity contribution in [1.29, 1.82) is 0 Å². The number of aromatic nitrogens is 4. The zero-order valence-corrected chi connectivity index (χ0v) is 14.7. The van der Waals surface area contributed by atoms with E-state index in [0.717, 1.165) is 25.2 Å². The first-order chi connectivity index (χ1) is 12.4. The fourth-order valence-electron chi connectivity index (χ4n) is 4.45. The Balaban J connectivity index is 1.59. The summed E-state index contributed by atoms with van der Waals surface area (Å²) in [5.74, 6) is 0.985. The number of benzene rings is 1. The van der Waals surface area contributed by atoms with Gasteiger partial charge in [-0.25, -0.2) is 4.68 Å². The van der Waals surface area contributed by atoms with Gasteiger partial charge < -0.3 is 5.11 Å². The Kier molecular flexibility index (Phi) is 5.08. The molecule has 6 nitrogen and oxygen atoms in total. The van der Waals surface area contributed by atoms with Crippen LogP contribution in [0.5, 0.6) is 0 Å². The lowest BCUT2D eigenvalue weighted by atomic mass is 9.95. The highest BCUT2D eigenvalue weighted by Crippen LogP contribution is 2.38. The van der Waals surface area contributed by atoms with Gasteiger partial charge in [-0.1, -0.05) is 49.6 Å². The van der Waals surface area contributed by atoms with E-state index >= 15 is 0 Å². The Morgan fingerprint density at radius 2 is 1.80 bits per heavy atom. The van der Waals surface area contributed by atoms with Gasteiger partial charge in [0.2, 0.25) is 0 Å². The molecule has 0 unspecified atom stereocenters. The largest absolute Gasteiger partial charge is 0.395 e. The second-order valence-electron chi connectivity index (χ2n) is 7.36. The van der Waals surface area contributed by atoms with E-state index in [4.69, 9.17) is 0 Å². The lowest BCUT2D eigenvalue weighted by Gasteiger charge is -2.30. The number of aliphatic hydroxyl groups is 1. The zero-order chi connectivity index (χ0) is 17.1. The molecule has 1 aliphatic carbocycles. The number of nitrogens with zero attached hydrogens (tertiary/aromatic N) is 5. The van der Waals surface area contributed by atoms with Crippen LogP contribution in [0.25, 0.3) is 0 Å². The van der Waals surface area contributed by atoms with Crippen LogP contribution < -0.4 is 0 Å². The van der Waals surface area contributed by atoms with Gasteiger partial charge in [-0.05, 0) is 41.7 Å². The van der Waals surface area contributed by atoms with Gasteiger partial charge in [0.25, 0.3) is 0 Å². The average molecular weight is 341 g/mol. The lowest BCUT2D eigenvalue weighted by Crippen LogP contribution is -2.35. The Morgan fingerprint density at radius 1 is 1.00 bits per heavy atom. The Labute approximate surface area is 148 Å². The third kappa shape index (κ3) is 3.46. The number of hydrogen-bond donors (Lipinski definition) is 1. The number of hydrogen-bond acceptors (Lipinski definition) is 5. The molecule has 0 spiro atoms. The highest BCUT2D eigenvalue weighted by molar-refractivity contribution is 5.16. The van der Waals surface area contributed by atoms with E-state index in [0.29, 0.717) is 6.04 Å². The molecule has 1 saturated carbocycles. The lowest BCUT2D eigenvalue weighted by molar-refractivity contribution is 0.115. The van der Waals surface area contributed by atoms with Gasteiger partial charge in [0, 0.05) is 12.6 Å². The van der Waals surface area contributed by atoms with Crippen molar-refractivity contribution in [1.82, 2.24) is 25.1 Å². The molecule has 1 aromatic carbocycles. The third-order valence-corrected chi connectivity index (χ3v) is 5.80. The van der Waals surface area contributed by atoms with Crippen LogP contribution in [0.1, 0.15) is 68.4 Å². The predicted octanol–water partition coefficient (Wildman–Crippen LogP) is 2.88. The molecule has 2 atom stereocenters. The molecule has 1 aliphatic heterocycles. The maximum atomic E-state index is 9.85. The molecular formula is C19H27N5O. The van der Waals surface area contributed by atoms with E-state index in [1.54, 1.807) is 0 Å². The first-order valence-electron chi connectivity index (χ1n) is 9.55. The normalized spacial score (nSPS) is 25.5. The van der Waals surface area contributed by atoms with Crippen molar-refractivity contribution < 1.29 is 5.11 Å². The highest BCUT2D eigenvalue weighted by atomic mass is 16.3. The maximum absolute atomic E-state index is 9.85. The summed E-state index contributed by atoms with van der Waals surface area (Å²) in [5.41, 5.74) is 1.27. The third-order valence-electron chi connectivity index (χ3n) is 5.80. The van der Waals surface area contributed by atoms with Gasteiger partial charge >= 0.3 is 0 Å². The molecule has 1 N–H and O–H groups in total. The summed E-state index contributed by atoms with van der Waals surface area (Å²) >= 11 is 0. The minimum Gasteiger partial charge on any atom is -0.395 e. The second kappa shape index (κ2) is 7.62. The minimum absolute atomic E-state index is 0.182. The van der Waals surface area contributed by atoms with Crippen molar-refractivity contribution >= 4 is 0 Å². The van der Waals surface area contributed by atoms with Crippen molar-refractivity contribution in [3.05, 3.63) is 41.7 Å². The molecule has 1 saturated heterocycles. The van der Waals surface area contributed by atoms with Crippen molar-refractivity contribution in [3.63, 3.8) is 0 Å². The van der Waals surface area contributed by atoms with Crippen LogP contribution >= 0.6 is 0 Å². The molecule has 2 fully saturated rings. The predicted molar refractivity (Wildman–Crippen MR) is 94.8 cm³/mol.